The lowest BCUT2D eigenvalue weighted by molar-refractivity contribution is 0.0383. The molecule has 0 atom stereocenters. The van der Waals surface area contributed by atoms with Crippen molar-refractivity contribution in [1.82, 2.24) is 10.2 Å². The molecule has 3 amide bonds. The zero-order valence-electron chi connectivity index (χ0n) is 24.6. The van der Waals surface area contributed by atoms with Crippen molar-refractivity contribution in [3.05, 3.63) is 89.5 Å². The van der Waals surface area contributed by atoms with Gasteiger partial charge in [0.25, 0.3) is 5.91 Å². The number of carbonyl (C=O) groups is 2. The van der Waals surface area contributed by atoms with E-state index >= 15 is 0 Å². The van der Waals surface area contributed by atoms with Crippen molar-refractivity contribution in [3.63, 3.8) is 0 Å². The molecule has 8 heteroatoms. The van der Waals surface area contributed by atoms with Crippen molar-refractivity contribution in [3.8, 4) is 0 Å². The number of morpholine rings is 1. The molecule has 42 heavy (non-hydrogen) atoms. The highest BCUT2D eigenvalue weighted by molar-refractivity contribution is 6.04. The zero-order valence-corrected chi connectivity index (χ0v) is 24.6. The van der Waals surface area contributed by atoms with Crippen LogP contribution in [0.4, 0.5) is 21.9 Å². The maximum Gasteiger partial charge on any atom is 0.323 e. The second-order valence-corrected chi connectivity index (χ2v) is 11.2. The summed E-state index contributed by atoms with van der Waals surface area (Å²) in [6.45, 7) is 8.45. The normalized spacial score (nSPS) is 16.2. The van der Waals surface area contributed by atoms with Gasteiger partial charge in [-0.05, 0) is 73.1 Å². The Hall–Kier alpha value is -3.88. The van der Waals surface area contributed by atoms with E-state index in [0.717, 1.165) is 88.6 Å². The molecule has 222 valence electrons. The number of amides is 3. The number of anilines is 3. The third-order valence-corrected chi connectivity index (χ3v) is 8.23. The Morgan fingerprint density at radius 1 is 0.833 bits per heavy atom. The minimum atomic E-state index is -0.337. The van der Waals surface area contributed by atoms with E-state index in [4.69, 9.17) is 4.74 Å². The molecule has 0 aliphatic carbocycles. The van der Waals surface area contributed by atoms with Crippen LogP contribution in [0.5, 0.6) is 0 Å². The van der Waals surface area contributed by atoms with Gasteiger partial charge in [-0.2, -0.15) is 0 Å². The van der Waals surface area contributed by atoms with Crippen LogP contribution in [0.1, 0.15) is 41.3 Å². The molecule has 3 aromatic rings. The predicted molar refractivity (Wildman–Crippen MR) is 170 cm³/mol. The van der Waals surface area contributed by atoms with Gasteiger partial charge in [0, 0.05) is 56.3 Å². The van der Waals surface area contributed by atoms with Crippen LogP contribution < -0.4 is 20.9 Å². The highest BCUT2D eigenvalue weighted by Crippen LogP contribution is 2.30. The average Bonchev–Trinajstić information content (AvgIpc) is 3.02. The lowest BCUT2D eigenvalue weighted by Crippen LogP contribution is -2.41. The van der Waals surface area contributed by atoms with Crippen LogP contribution in [0.3, 0.4) is 0 Å². The third kappa shape index (κ3) is 8.33. The van der Waals surface area contributed by atoms with E-state index in [1.54, 1.807) is 6.07 Å². The largest absolute Gasteiger partial charge is 0.379 e. The quantitative estimate of drug-likeness (QED) is 0.304. The molecule has 0 spiro atoms. The van der Waals surface area contributed by atoms with Crippen molar-refractivity contribution in [2.24, 2.45) is 5.92 Å². The number of nitrogens with one attached hydrogen (secondary N) is 3. The molecular formula is C34H43N5O3. The number of nitrogens with zero attached hydrogens (tertiary/aromatic N) is 2. The van der Waals surface area contributed by atoms with E-state index in [0.29, 0.717) is 23.7 Å². The molecule has 0 aromatic heterocycles. The summed E-state index contributed by atoms with van der Waals surface area (Å²) in [6.07, 6.45) is 4.13. The third-order valence-electron chi connectivity index (χ3n) is 8.23. The summed E-state index contributed by atoms with van der Waals surface area (Å²) in [5.41, 5.74) is 5.36. The standard InChI is InChI=1S/C34H43N5O3/c1-2-26-9-6-10-29(24-26)36-34(41)37-30-11-12-32(31(25-30)33(40)35-15-18-38-19-21-42-22-20-38)39-16-13-28(14-17-39)23-27-7-4-3-5-8-27/h3-12,24-25,28H,2,13-23H2,1H3,(H,35,40)(H2,36,37,41). The minimum absolute atomic E-state index is 0.121. The van der Waals surface area contributed by atoms with Gasteiger partial charge in [0.15, 0.2) is 0 Å². The molecule has 0 radical (unpaired) electrons. The molecule has 2 saturated heterocycles. The van der Waals surface area contributed by atoms with Crippen LogP contribution in [-0.2, 0) is 17.6 Å². The first-order chi connectivity index (χ1) is 20.6. The lowest BCUT2D eigenvalue weighted by atomic mass is 9.89. The van der Waals surface area contributed by atoms with Gasteiger partial charge < -0.3 is 25.6 Å². The molecule has 2 aliphatic rings. The van der Waals surface area contributed by atoms with Gasteiger partial charge in [-0.3, -0.25) is 9.69 Å². The van der Waals surface area contributed by atoms with Crippen LogP contribution in [-0.4, -0.2) is 69.3 Å². The van der Waals surface area contributed by atoms with Crippen LogP contribution in [0.25, 0.3) is 0 Å². The van der Waals surface area contributed by atoms with Gasteiger partial charge in [0.2, 0.25) is 0 Å². The topological polar surface area (TPSA) is 85.9 Å². The Balaban J connectivity index is 1.26. The fourth-order valence-corrected chi connectivity index (χ4v) is 5.81. The SMILES string of the molecule is CCc1cccc(NC(=O)Nc2ccc(N3CCC(Cc4ccccc4)CC3)c(C(=O)NCCN3CCOCC3)c2)c1. The number of carbonyl (C=O) groups excluding carboxylic acids is 2. The summed E-state index contributed by atoms with van der Waals surface area (Å²) in [5.74, 6) is 0.509. The van der Waals surface area contributed by atoms with Crippen molar-refractivity contribution in [2.45, 2.75) is 32.6 Å². The maximum absolute atomic E-state index is 13.5. The number of hydrogen-bond acceptors (Lipinski definition) is 5. The highest BCUT2D eigenvalue weighted by atomic mass is 16.5. The van der Waals surface area contributed by atoms with Crippen molar-refractivity contribution in [2.75, 3.05) is 68.0 Å². The second-order valence-electron chi connectivity index (χ2n) is 11.2. The predicted octanol–water partition coefficient (Wildman–Crippen LogP) is 5.41. The van der Waals surface area contributed by atoms with E-state index in [1.807, 2.05) is 36.4 Å². The van der Waals surface area contributed by atoms with E-state index < -0.39 is 0 Å². The van der Waals surface area contributed by atoms with E-state index in [1.165, 1.54) is 5.56 Å². The van der Waals surface area contributed by atoms with Crippen LogP contribution in [0, 0.1) is 5.92 Å². The van der Waals surface area contributed by atoms with Gasteiger partial charge >= 0.3 is 6.03 Å². The fourth-order valence-electron chi connectivity index (χ4n) is 5.81. The number of benzene rings is 3. The number of rotatable bonds is 10. The summed E-state index contributed by atoms with van der Waals surface area (Å²) in [4.78, 5) is 31.0. The summed E-state index contributed by atoms with van der Waals surface area (Å²) in [6, 6.07) is 23.8. The first-order valence-corrected chi connectivity index (χ1v) is 15.3. The monoisotopic (exact) mass is 569 g/mol. The first kappa shape index (κ1) is 29.6. The number of hydrogen-bond donors (Lipinski definition) is 3. The minimum Gasteiger partial charge on any atom is -0.379 e. The van der Waals surface area contributed by atoms with Gasteiger partial charge in [-0.15, -0.1) is 0 Å². The number of urea groups is 1. The Morgan fingerprint density at radius 2 is 1.55 bits per heavy atom. The summed E-state index contributed by atoms with van der Waals surface area (Å²) in [5, 5.41) is 8.96. The molecule has 8 nitrogen and oxygen atoms in total. The van der Waals surface area contributed by atoms with E-state index in [-0.39, 0.29) is 11.9 Å². The molecule has 2 fully saturated rings. The highest BCUT2D eigenvalue weighted by Gasteiger charge is 2.24. The van der Waals surface area contributed by atoms with E-state index in [9.17, 15) is 9.59 Å². The maximum atomic E-state index is 13.5. The fraction of sp³-hybridized carbons (Fsp3) is 0.412. The van der Waals surface area contributed by atoms with Gasteiger partial charge in [0.1, 0.15) is 0 Å². The van der Waals surface area contributed by atoms with Crippen molar-refractivity contribution < 1.29 is 14.3 Å². The summed E-state index contributed by atoms with van der Waals surface area (Å²) < 4.78 is 5.44. The molecule has 5 rings (SSSR count). The summed E-state index contributed by atoms with van der Waals surface area (Å²) in [7, 11) is 0. The molecule has 3 N–H and O–H groups in total. The molecule has 0 bridgehead atoms. The van der Waals surface area contributed by atoms with Crippen LogP contribution in [0.2, 0.25) is 0 Å². The second kappa shape index (κ2) is 14.8. The van der Waals surface area contributed by atoms with Crippen molar-refractivity contribution >= 4 is 29.0 Å². The lowest BCUT2D eigenvalue weighted by Gasteiger charge is -2.35. The number of ether oxygens (including phenoxy) is 1. The molecule has 0 unspecified atom stereocenters. The molecule has 2 heterocycles. The van der Waals surface area contributed by atoms with Gasteiger partial charge in [0.05, 0.1) is 18.8 Å². The van der Waals surface area contributed by atoms with Crippen molar-refractivity contribution in [1.29, 1.82) is 0 Å². The number of piperidine rings is 1. The Morgan fingerprint density at radius 3 is 2.29 bits per heavy atom. The molecule has 0 saturated carbocycles. The summed E-state index contributed by atoms with van der Waals surface area (Å²) >= 11 is 0. The molecular weight excluding hydrogens is 526 g/mol. The Kier molecular flexibility index (Phi) is 10.5. The molecule has 3 aromatic carbocycles. The van der Waals surface area contributed by atoms with Gasteiger partial charge in [-0.25, -0.2) is 4.79 Å². The number of aryl methyl sites for hydroxylation is 1. The van der Waals surface area contributed by atoms with E-state index in [2.05, 4.69) is 63.0 Å². The van der Waals surface area contributed by atoms with Gasteiger partial charge in [-0.1, -0.05) is 49.4 Å². The smallest absolute Gasteiger partial charge is 0.323 e. The Bertz CT molecular complexity index is 1320. The van der Waals surface area contributed by atoms with Crippen LogP contribution in [0.15, 0.2) is 72.8 Å². The van der Waals surface area contributed by atoms with Crippen LogP contribution >= 0.6 is 0 Å². The zero-order chi connectivity index (χ0) is 29.1. The molecule has 2 aliphatic heterocycles. The average molecular weight is 570 g/mol. The first-order valence-electron chi connectivity index (χ1n) is 15.3. The Labute approximate surface area is 249 Å².